The molecule has 1 unspecified atom stereocenters. The first kappa shape index (κ1) is 17.6. The fraction of sp³-hybridized carbons (Fsp3) is 0.474. The SMILES string of the molecule is C1=CCC2CC[CH-]C2=C1.Cc1c(C)c(C)[c-](C)c1C.[Zr+2]. The quantitative estimate of drug-likeness (QED) is 0.550. The minimum atomic E-state index is 0. The molecular formula is C19H26Zr. The fourth-order valence-electron chi connectivity index (χ4n) is 3.07. The van der Waals surface area contributed by atoms with Crippen molar-refractivity contribution in [3.05, 3.63) is 58.0 Å². The Morgan fingerprint density at radius 1 is 1.10 bits per heavy atom. The molecule has 2 aliphatic carbocycles. The average Bonchev–Trinajstić information content (AvgIpc) is 2.97. The maximum Gasteiger partial charge on any atom is 2.00 e. The number of fused-ring (bicyclic) bond motifs is 1. The molecule has 1 aromatic rings. The molecule has 20 heavy (non-hydrogen) atoms. The van der Waals surface area contributed by atoms with Crippen LogP contribution in [-0.2, 0) is 26.2 Å². The van der Waals surface area contributed by atoms with Crippen molar-refractivity contribution >= 4 is 0 Å². The molecule has 2 aliphatic rings. The van der Waals surface area contributed by atoms with Crippen LogP contribution in [0.4, 0.5) is 0 Å². The largest absolute Gasteiger partial charge is 2.00 e. The molecule has 1 saturated carbocycles. The van der Waals surface area contributed by atoms with E-state index in [-0.39, 0.29) is 26.2 Å². The number of hydrogen-bond donors (Lipinski definition) is 0. The second-order valence-electron chi connectivity index (χ2n) is 5.93. The van der Waals surface area contributed by atoms with E-state index in [2.05, 4.69) is 59.3 Å². The zero-order chi connectivity index (χ0) is 14.0. The van der Waals surface area contributed by atoms with Gasteiger partial charge in [-0.2, -0.15) is 27.8 Å². The van der Waals surface area contributed by atoms with Crippen molar-refractivity contribution in [1.82, 2.24) is 0 Å². The molecule has 0 amide bonds. The Morgan fingerprint density at radius 2 is 1.70 bits per heavy atom. The van der Waals surface area contributed by atoms with Crippen LogP contribution in [0.2, 0.25) is 0 Å². The molecule has 1 aromatic carbocycles. The van der Waals surface area contributed by atoms with E-state index >= 15 is 0 Å². The van der Waals surface area contributed by atoms with Gasteiger partial charge < -0.3 is 0 Å². The number of hydrogen-bond acceptors (Lipinski definition) is 0. The van der Waals surface area contributed by atoms with Gasteiger partial charge in [-0.15, -0.1) is 18.6 Å². The first-order chi connectivity index (χ1) is 9.02. The van der Waals surface area contributed by atoms with Gasteiger partial charge in [-0.05, 0) is 12.3 Å². The Hall–Kier alpha value is -0.417. The van der Waals surface area contributed by atoms with Crippen molar-refractivity contribution < 1.29 is 26.2 Å². The standard InChI is InChI=1S/C10H15.C9H11.Zr/c1-6-7(2)9(4)10(5)8(6)3;1-2-5-9-7-3-6-8(9)4-1;/h1-5H3;1-2,4,6,9H,3,5,7H2;/q2*-1;+2. The Labute approximate surface area is 143 Å². The fourth-order valence-corrected chi connectivity index (χ4v) is 3.07. The van der Waals surface area contributed by atoms with Gasteiger partial charge in [-0.1, -0.05) is 41.0 Å². The summed E-state index contributed by atoms with van der Waals surface area (Å²) in [6.45, 7) is 11.0. The van der Waals surface area contributed by atoms with Crippen molar-refractivity contribution in [3.63, 3.8) is 0 Å². The van der Waals surface area contributed by atoms with Crippen LogP contribution in [0.3, 0.4) is 0 Å². The van der Waals surface area contributed by atoms with Gasteiger partial charge in [0.25, 0.3) is 0 Å². The monoisotopic (exact) mass is 344 g/mol. The molecular weight excluding hydrogens is 319 g/mol. The van der Waals surface area contributed by atoms with Crippen LogP contribution in [-0.4, -0.2) is 0 Å². The summed E-state index contributed by atoms with van der Waals surface area (Å²) >= 11 is 0. The van der Waals surface area contributed by atoms with E-state index in [4.69, 9.17) is 0 Å². The molecule has 0 bridgehead atoms. The van der Waals surface area contributed by atoms with Gasteiger partial charge in [0.05, 0.1) is 0 Å². The molecule has 0 aliphatic heterocycles. The third-order valence-electron chi connectivity index (χ3n) is 5.02. The van der Waals surface area contributed by atoms with Crippen LogP contribution in [0, 0.1) is 47.0 Å². The molecule has 106 valence electrons. The van der Waals surface area contributed by atoms with Crippen LogP contribution in [0.1, 0.15) is 47.1 Å². The summed E-state index contributed by atoms with van der Waals surface area (Å²) in [4.78, 5) is 0. The van der Waals surface area contributed by atoms with Gasteiger partial charge in [-0.3, -0.25) is 0 Å². The number of allylic oxidation sites excluding steroid dienone is 4. The van der Waals surface area contributed by atoms with Crippen LogP contribution in [0.25, 0.3) is 0 Å². The molecule has 0 spiro atoms. The maximum atomic E-state index is 2.37. The summed E-state index contributed by atoms with van der Waals surface area (Å²) in [6.07, 6.45) is 13.0. The summed E-state index contributed by atoms with van der Waals surface area (Å²) in [7, 11) is 0. The van der Waals surface area contributed by atoms with Crippen LogP contribution in [0.5, 0.6) is 0 Å². The predicted molar refractivity (Wildman–Crippen MR) is 84.6 cm³/mol. The molecule has 0 N–H and O–H groups in total. The van der Waals surface area contributed by atoms with Crippen molar-refractivity contribution in [3.8, 4) is 0 Å². The topological polar surface area (TPSA) is 0 Å². The van der Waals surface area contributed by atoms with Crippen LogP contribution in [0.15, 0.2) is 23.8 Å². The van der Waals surface area contributed by atoms with Crippen molar-refractivity contribution in [1.29, 1.82) is 0 Å². The van der Waals surface area contributed by atoms with E-state index < -0.39 is 0 Å². The van der Waals surface area contributed by atoms with Gasteiger partial charge >= 0.3 is 26.2 Å². The second kappa shape index (κ2) is 7.55. The van der Waals surface area contributed by atoms with Crippen molar-refractivity contribution in [2.24, 2.45) is 5.92 Å². The maximum absolute atomic E-state index is 2.37. The van der Waals surface area contributed by atoms with Gasteiger partial charge in [0, 0.05) is 0 Å². The Bertz CT molecular complexity index is 434. The molecule has 0 aromatic heterocycles. The van der Waals surface area contributed by atoms with Gasteiger partial charge in [0.2, 0.25) is 0 Å². The molecule has 3 rings (SSSR count). The Morgan fingerprint density at radius 3 is 2.15 bits per heavy atom. The van der Waals surface area contributed by atoms with E-state index in [1.807, 2.05) is 0 Å². The zero-order valence-corrected chi connectivity index (χ0v) is 16.0. The van der Waals surface area contributed by atoms with Crippen LogP contribution < -0.4 is 0 Å². The molecule has 0 radical (unpaired) electrons. The molecule has 1 fully saturated rings. The van der Waals surface area contributed by atoms with Gasteiger partial charge in [0.15, 0.2) is 0 Å². The molecule has 0 saturated heterocycles. The van der Waals surface area contributed by atoms with Crippen molar-refractivity contribution in [2.45, 2.75) is 53.9 Å². The van der Waals surface area contributed by atoms with E-state index in [0.29, 0.717) is 0 Å². The molecule has 0 nitrogen and oxygen atoms in total. The van der Waals surface area contributed by atoms with Gasteiger partial charge in [0.1, 0.15) is 0 Å². The molecule has 0 heterocycles. The Kier molecular flexibility index (Phi) is 6.66. The second-order valence-corrected chi connectivity index (χ2v) is 5.93. The minimum absolute atomic E-state index is 0. The third-order valence-corrected chi connectivity index (χ3v) is 5.02. The summed E-state index contributed by atoms with van der Waals surface area (Å²) in [5.74, 6) is 0.884. The summed E-state index contributed by atoms with van der Waals surface area (Å²) < 4.78 is 0. The van der Waals surface area contributed by atoms with E-state index in [9.17, 15) is 0 Å². The molecule has 1 heteroatoms. The van der Waals surface area contributed by atoms with E-state index in [1.54, 1.807) is 5.57 Å². The number of rotatable bonds is 0. The predicted octanol–water partition coefficient (Wildman–Crippen LogP) is 5.43. The van der Waals surface area contributed by atoms with E-state index in [0.717, 1.165) is 5.92 Å². The normalized spacial score (nSPS) is 19.2. The summed E-state index contributed by atoms with van der Waals surface area (Å²) in [5.41, 5.74) is 8.92. The first-order valence-corrected chi connectivity index (χ1v) is 7.42. The average molecular weight is 346 g/mol. The van der Waals surface area contributed by atoms with E-state index in [1.165, 1.54) is 47.1 Å². The third kappa shape index (κ3) is 3.61. The van der Waals surface area contributed by atoms with Crippen molar-refractivity contribution in [2.75, 3.05) is 0 Å². The summed E-state index contributed by atoms with van der Waals surface area (Å²) in [6, 6.07) is 0. The zero-order valence-electron chi connectivity index (χ0n) is 13.5. The van der Waals surface area contributed by atoms with Gasteiger partial charge in [-0.25, -0.2) is 18.1 Å². The first-order valence-electron chi connectivity index (χ1n) is 7.42. The Balaban J connectivity index is 0.000000191. The molecule has 1 atom stereocenters. The minimum Gasteiger partial charge on any atom is -0.227 e. The summed E-state index contributed by atoms with van der Waals surface area (Å²) in [5, 5.41) is 0. The smallest absolute Gasteiger partial charge is 0.227 e. The van der Waals surface area contributed by atoms with Crippen LogP contribution >= 0.6 is 0 Å².